The Bertz CT molecular complexity index is 514. The van der Waals surface area contributed by atoms with Gasteiger partial charge in [-0.3, -0.25) is 4.79 Å². The zero-order valence-corrected chi connectivity index (χ0v) is 13.1. The number of likely N-dealkylation sites (tertiary alicyclic amines) is 1. The SMILES string of the molecule is O=C(c1ccccc1F)N1CCCC(NCC2CCCC2)C1. The zero-order valence-electron chi connectivity index (χ0n) is 13.1. The van der Waals surface area contributed by atoms with Crippen molar-refractivity contribution in [2.75, 3.05) is 19.6 Å². The molecule has 0 spiro atoms. The summed E-state index contributed by atoms with van der Waals surface area (Å²) in [5.41, 5.74) is 0.193. The van der Waals surface area contributed by atoms with E-state index in [0.29, 0.717) is 12.6 Å². The van der Waals surface area contributed by atoms with Gasteiger partial charge in [0.05, 0.1) is 5.56 Å². The number of hydrogen-bond donors (Lipinski definition) is 1. The topological polar surface area (TPSA) is 32.3 Å². The number of hydrogen-bond acceptors (Lipinski definition) is 2. The van der Waals surface area contributed by atoms with Crippen molar-refractivity contribution in [1.82, 2.24) is 10.2 Å². The van der Waals surface area contributed by atoms with Gasteiger partial charge in [-0.05, 0) is 50.3 Å². The Kier molecular flexibility index (Phi) is 5.08. The van der Waals surface area contributed by atoms with Crippen molar-refractivity contribution in [1.29, 1.82) is 0 Å². The Morgan fingerprint density at radius 3 is 2.73 bits per heavy atom. The molecule has 1 aliphatic carbocycles. The first kappa shape index (κ1) is 15.5. The van der Waals surface area contributed by atoms with E-state index in [1.54, 1.807) is 23.1 Å². The van der Waals surface area contributed by atoms with E-state index >= 15 is 0 Å². The summed E-state index contributed by atoms with van der Waals surface area (Å²) in [6.07, 6.45) is 7.47. The Hall–Kier alpha value is -1.42. The molecular weight excluding hydrogens is 279 g/mol. The summed E-state index contributed by atoms with van der Waals surface area (Å²) in [4.78, 5) is 14.3. The summed E-state index contributed by atoms with van der Waals surface area (Å²) in [7, 11) is 0. The molecule has 22 heavy (non-hydrogen) atoms. The van der Waals surface area contributed by atoms with Crippen LogP contribution in [-0.2, 0) is 0 Å². The third-order valence-electron chi connectivity index (χ3n) is 4.98. The highest BCUT2D eigenvalue weighted by atomic mass is 19.1. The average Bonchev–Trinajstić information content (AvgIpc) is 3.06. The number of amides is 1. The Labute approximate surface area is 131 Å². The van der Waals surface area contributed by atoms with Crippen LogP contribution in [0.15, 0.2) is 24.3 Å². The van der Waals surface area contributed by atoms with Gasteiger partial charge in [-0.2, -0.15) is 0 Å². The molecule has 1 N–H and O–H groups in total. The fourth-order valence-electron chi connectivity index (χ4n) is 3.68. The van der Waals surface area contributed by atoms with E-state index in [9.17, 15) is 9.18 Å². The Morgan fingerprint density at radius 1 is 1.18 bits per heavy atom. The lowest BCUT2D eigenvalue weighted by atomic mass is 10.0. The maximum absolute atomic E-state index is 13.8. The molecule has 1 aromatic carbocycles. The molecule has 1 amide bonds. The smallest absolute Gasteiger partial charge is 0.256 e. The molecule has 3 nitrogen and oxygen atoms in total. The predicted molar refractivity (Wildman–Crippen MR) is 85.3 cm³/mol. The number of nitrogens with zero attached hydrogens (tertiary/aromatic N) is 1. The van der Waals surface area contributed by atoms with Gasteiger partial charge in [0, 0.05) is 19.1 Å². The first-order chi connectivity index (χ1) is 10.7. The fraction of sp³-hybridized carbons (Fsp3) is 0.611. The summed E-state index contributed by atoms with van der Waals surface area (Å²) >= 11 is 0. The van der Waals surface area contributed by atoms with Crippen molar-refractivity contribution < 1.29 is 9.18 Å². The molecule has 3 rings (SSSR count). The van der Waals surface area contributed by atoms with Gasteiger partial charge in [-0.1, -0.05) is 25.0 Å². The molecule has 0 aromatic heterocycles. The molecule has 120 valence electrons. The van der Waals surface area contributed by atoms with Crippen molar-refractivity contribution in [3.63, 3.8) is 0 Å². The van der Waals surface area contributed by atoms with Crippen LogP contribution in [0.2, 0.25) is 0 Å². The monoisotopic (exact) mass is 304 g/mol. The Balaban J connectivity index is 1.55. The van der Waals surface area contributed by atoms with Crippen LogP contribution in [0.1, 0.15) is 48.9 Å². The van der Waals surface area contributed by atoms with Gasteiger partial charge in [-0.15, -0.1) is 0 Å². The molecule has 1 aliphatic heterocycles. The molecule has 1 saturated heterocycles. The van der Waals surface area contributed by atoms with Gasteiger partial charge < -0.3 is 10.2 Å². The number of halogens is 1. The second-order valence-electron chi connectivity index (χ2n) is 6.63. The normalized spacial score (nSPS) is 23.0. The molecule has 4 heteroatoms. The highest BCUT2D eigenvalue weighted by Gasteiger charge is 2.26. The van der Waals surface area contributed by atoms with E-state index in [0.717, 1.165) is 31.8 Å². The fourth-order valence-corrected chi connectivity index (χ4v) is 3.68. The minimum atomic E-state index is -0.423. The van der Waals surface area contributed by atoms with Crippen molar-refractivity contribution in [3.8, 4) is 0 Å². The number of carbonyl (C=O) groups excluding carboxylic acids is 1. The highest BCUT2D eigenvalue weighted by Crippen LogP contribution is 2.24. The number of carbonyl (C=O) groups is 1. The van der Waals surface area contributed by atoms with Gasteiger partial charge in [0.1, 0.15) is 5.82 Å². The van der Waals surface area contributed by atoms with Crippen LogP contribution in [0.25, 0.3) is 0 Å². The van der Waals surface area contributed by atoms with Crippen LogP contribution >= 0.6 is 0 Å². The molecule has 1 heterocycles. The van der Waals surface area contributed by atoms with Crippen LogP contribution in [-0.4, -0.2) is 36.5 Å². The minimum Gasteiger partial charge on any atom is -0.337 e. The van der Waals surface area contributed by atoms with Crippen LogP contribution in [0.4, 0.5) is 4.39 Å². The third kappa shape index (κ3) is 3.67. The Morgan fingerprint density at radius 2 is 1.95 bits per heavy atom. The first-order valence-corrected chi connectivity index (χ1v) is 8.51. The lowest BCUT2D eigenvalue weighted by Gasteiger charge is -2.34. The summed E-state index contributed by atoms with van der Waals surface area (Å²) < 4.78 is 13.8. The molecule has 0 radical (unpaired) electrons. The summed E-state index contributed by atoms with van der Waals surface area (Å²) in [5.74, 6) is 0.205. The molecule has 1 saturated carbocycles. The van der Waals surface area contributed by atoms with Crippen LogP contribution in [0.3, 0.4) is 0 Å². The van der Waals surface area contributed by atoms with Gasteiger partial charge in [0.2, 0.25) is 0 Å². The predicted octanol–water partition coefficient (Wildman–Crippen LogP) is 3.21. The quantitative estimate of drug-likeness (QED) is 0.926. The summed E-state index contributed by atoms with van der Waals surface area (Å²) in [5, 5.41) is 3.63. The standard InChI is InChI=1S/C18H25FN2O/c19-17-10-4-3-9-16(17)18(22)21-11-5-8-15(13-21)20-12-14-6-1-2-7-14/h3-4,9-10,14-15,20H,1-2,5-8,11-13H2. The van der Waals surface area contributed by atoms with Crippen molar-refractivity contribution in [3.05, 3.63) is 35.6 Å². The van der Waals surface area contributed by atoms with Crippen molar-refractivity contribution in [2.45, 2.75) is 44.6 Å². The van der Waals surface area contributed by atoms with Crippen LogP contribution < -0.4 is 5.32 Å². The lowest BCUT2D eigenvalue weighted by molar-refractivity contribution is 0.0688. The largest absolute Gasteiger partial charge is 0.337 e. The number of nitrogens with one attached hydrogen (secondary N) is 1. The number of benzene rings is 1. The van der Waals surface area contributed by atoms with Crippen molar-refractivity contribution in [2.24, 2.45) is 5.92 Å². The third-order valence-corrected chi connectivity index (χ3v) is 4.98. The van der Waals surface area contributed by atoms with E-state index in [4.69, 9.17) is 0 Å². The zero-order chi connectivity index (χ0) is 15.4. The molecule has 1 aromatic rings. The van der Waals surface area contributed by atoms with E-state index in [1.807, 2.05) is 0 Å². The molecule has 1 unspecified atom stereocenters. The van der Waals surface area contributed by atoms with E-state index in [-0.39, 0.29) is 11.5 Å². The maximum atomic E-state index is 13.8. The van der Waals surface area contributed by atoms with Crippen molar-refractivity contribution >= 4 is 5.91 Å². The van der Waals surface area contributed by atoms with Crippen LogP contribution in [0.5, 0.6) is 0 Å². The summed E-state index contributed by atoms with van der Waals surface area (Å²) in [6, 6.07) is 6.62. The minimum absolute atomic E-state index is 0.175. The molecule has 2 aliphatic rings. The number of rotatable bonds is 4. The molecule has 1 atom stereocenters. The van der Waals surface area contributed by atoms with Gasteiger partial charge >= 0.3 is 0 Å². The van der Waals surface area contributed by atoms with Gasteiger partial charge in [0.15, 0.2) is 0 Å². The first-order valence-electron chi connectivity index (χ1n) is 8.51. The van der Waals surface area contributed by atoms with E-state index in [2.05, 4.69) is 5.32 Å². The molecular formula is C18H25FN2O. The molecule has 2 fully saturated rings. The maximum Gasteiger partial charge on any atom is 0.256 e. The average molecular weight is 304 g/mol. The lowest BCUT2D eigenvalue weighted by Crippen LogP contribution is -2.49. The highest BCUT2D eigenvalue weighted by molar-refractivity contribution is 5.94. The van der Waals surface area contributed by atoms with Crippen LogP contribution in [0, 0.1) is 11.7 Å². The number of piperidine rings is 1. The van der Waals surface area contributed by atoms with Gasteiger partial charge in [-0.25, -0.2) is 4.39 Å². The summed E-state index contributed by atoms with van der Waals surface area (Å²) in [6.45, 7) is 2.49. The second-order valence-corrected chi connectivity index (χ2v) is 6.63. The van der Waals surface area contributed by atoms with E-state index < -0.39 is 5.82 Å². The second kappa shape index (κ2) is 7.23. The van der Waals surface area contributed by atoms with Gasteiger partial charge in [0.25, 0.3) is 5.91 Å². The molecule has 0 bridgehead atoms. The van der Waals surface area contributed by atoms with E-state index in [1.165, 1.54) is 31.7 Å².